The summed E-state index contributed by atoms with van der Waals surface area (Å²) in [4.78, 5) is 23.4. The second-order valence-corrected chi connectivity index (χ2v) is 7.93. The number of benzene rings is 3. The van der Waals surface area contributed by atoms with Gasteiger partial charge in [-0.2, -0.15) is 5.26 Å². The number of nitrogens with zero attached hydrogens (tertiary/aromatic N) is 2. The first-order valence-corrected chi connectivity index (χ1v) is 11.0. The first kappa shape index (κ1) is 25.3. The van der Waals surface area contributed by atoms with E-state index in [4.69, 9.17) is 14.2 Å². The van der Waals surface area contributed by atoms with Crippen LogP contribution in [-0.2, 0) is 11.4 Å². The Morgan fingerprint density at radius 3 is 2.51 bits per heavy atom. The molecule has 0 saturated heterocycles. The third-order valence-corrected chi connectivity index (χ3v) is 5.39. The fourth-order valence-electron chi connectivity index (χ4n) is 3.09. The number of anilines is 1. The van der Waals surface area contributed by atoms with Crippen LogP contribution in [0.15, 0.2) is 70.7 Å². The number of carbonyl (C=O) groups excluding carboxylic acids is 1. The van der Waals surface area contributed by atoms with Crippen molar-refractivity contribution in [2.75, 3.05) is 19.5 Å². The fourth-order valence-corrected chi connectivity index (χ4v) is 3.67. The highest BCUT2D eigenvalue weighted by Crippen LogP contribution is 2.38. The number of halogens is 1. The lowest BCUT2D eigenvalue weighted by molar-refractivity contribution is -0.384. The molecule has 0 aliphatic heterocycles. The van der Waals surface area contributed by atoms with E-state index >= 15 is 0 Å². The summed E-state index contributed by atoms with van der Waals surface area (Å²) >= 11 is 3.45. The van der Waals surface area contributed by atoms with Crippen LogP contribution in [0.5, 0.6) is 17.2 Å². The third-order valence-electron chi connectivity index (χ3n) is 4.80. The summed E-state index contributed by atoms with van der Waals surface area (Å²) in [6, 6.07) is 18.7. The zero-order valence-corrected chi connectivity index (χ0v) is 20.4. The van der Waals surface area contributed by atoms with Gasteiger partial charge in [-0.3, -0.25) is 14.9 Å². The van der Waals surface area contributed by atoms with Crippen molar-refractivity contribution < 1.29 is 23.9 Å². The van der Waals surface area contributed by atoms with Gasteiger partial charge in [0.05, 0.1) is 29.7 Å². The van der Waals surface area contributed by atoms with Crippen LogP contribution in [-0.4, -0.2) is 25.1 Å². The van der Waals surface area contributed by atoms with Gasteiger partial charge in [0.15, 0.2) is 11.5 Å². The zero-order valence-electron chi connectivity index (χ0n) is 18.8. The maximum absolute atomic E-state index is 12.7. The molecule has 0 bridgehead atoms. The lowest BCUT2D eigenvalue weighted by Gasteiger charge is -2.14. The molecule has 3 aromatic carbocycles. The zero-order chi connectivity index (χ0) is 25.4. The molecule has 0 aromatic heterocycles. The minimum Gasteiger partial charge on any atom is -0.496 e. The summed E-state index contributed by atoms with van der Waals surface area (Å²) in [5.74, 6) is 0.313. The molecule has 35 heavy (non-hydrogen) atoms. The molecule has 0 radical (unpaired) electrons. The van der Waals surface area contributed by atoms with E-state index in [0.29, 0.717) is 28.1 Å². The topological polar surface area (TPSA) is 124 Å². The van der Waals surface area contributed by atoms with Crippen molar-refractivity contribution in [3.63, 3.8) is 0 Å². The molecule has 10 heteroatoms. The average Bonchev–Trinajstić information content (AvgIpc) is 2.86. The Morgan fingerprint density at radius 1 is 1.14 bits per heavy atom. The number of ether oxygens (including phenoxy) is 3. The Labute approximate surface area is 209 Å². The molecule has 0 aliphatic rings. The van der Waals surface area contributed by atoms with E-state index in [0.717, 1.165) is 5.56 Å². The van der Waals surface area contributed by atoms with Gasteiger partial charge in [0.25, 0.3) is 11.6 Å². The molecule has 0 atom stereocenters. The highest BCUT2D eigenvalue weighted by atomic mass is 79.9. The van der Waals surface area contributed by atoms with E-state index in [1.807, 2.05) is 36.4 Å². The summed E-state index contributed by atoms with van der Waals surface area (Å²) in [5.41, 5.74) is 0.768. The van der Waals surface area contributed by atoms with Crippen molar-refractivity contribution in [1.82, 2.24) is 0 Å². The van der Waals surface area contributed by atoms with Crippen LogP contribution in [0.4, 0.5) is 11.4 Å². The van der Waals surface area contributed by atoms with Crippen molar-refractivity contribution >= 4 is 39.3 Å². The van der Waals surface area contributed by atoms with Gasteiger partial charge < -0.3 is 19.5 Å². The minimum atomic E-state index is -0.805. The maximum Gasteiger partial charge on any atom is 0.296 e. The van der Waals surface area contributed by atoms with Crippen LogP contribution in [0.2, 0.25) is 0 Å². The molecule has 178 valence electrons. The molecular formula is C25H20BrN3O6. The first-order chi connectivity index (χ1) is 16.9. The van der Waals surface area contributed by atoms with Crippen LogP contribution >= 0.6 is 15.9 Å². The normalized spacial score (nSPS) is 10.7. The van der Waals surface area contributed by atoms with Crippen molar-refractivity contribution in [2.45, 2.75) is 6.61 Å². The van der Waals surface area contributed by atoms with E-state index in [2.05, 4.69) is 21.2 Å². The monoisotopic (exact) mass is 537 g/mol. The quantitative estimate of drug-likeness (QED) is 0.165. The van der Waals surface area contributed by atoms with Crippen molar-refractivity contribution in [3.8, 4) is 23.3 Å². The molecule has 3 rings (SSSR count). The van der Waals surface area contributed by atoms with E-state index in [9.17, 15) is 20.2 Å². The number of hydrogen-bond donors (Lipinski definition) is 1. The van der Waals surface area contributed by atoms with E-state index in [1.165, 1.54) is 38.5 Å². The third kappa shape index (κ3) is 6.37. The summed E-state index contributed by atoms with van der Waals surface area (Å²) in [6.07, 6.45) is 1.35. The molecule has 9 nitrogen and oxygen atoms in total. The highest BCUT2D eigenvalue weighted by Gasteiger charge is 2.20. The Balaban J connectivity index is 1.85. The SMILES string of the molecule is COc1ccc(NC(=O)/C(C#N)=C/c2cc(Br)c(OCc3ccccc3)c(OC)c2)c([N+](=O)[O-])c1. The summed E-state index contributed by atoms with van der Waals surface area (Å²) in [7, 11) is 2.85. The van der Waals surface area contributed by atoms with E-state index < -0.39 is 10.8 Å². The number of carbonyl (C=O) groups is 1. The smallest absolute Gasteiger partial charge is 0.296 e. The maximum atomic E-state index is 12.7. The van der Waals surface area contributed by atoms with Crippen LogP contribution in [0.1, 0.15) is 11.1 Å². The van der Waals surface area contributed by atoms with Gasteiger partial charge in [0, 0.05) is 0 Å². The van der Waals surface area contributed by atoms with Crippen molar-refractivity contribution in [3.05, 3.63) is 92.0 Å². The van der Waals surface area contributed by atoms with Crippen LogP contribution in [0.25, 0.3) is 6.08 Å². The molecule has 1 N–H and O–H groups in total. The van der Waals surface area contributed by atoms with Crippen LogP contribution in [0.3, 0.4) is 0 Å². The van der Waals surface area contributed by atoms with Gasteiger partial charge in [-0.1, -0.05) is 30.3 Å². The molecule has 0 spiro atoms. The summed E-state index contributed by atoms with van der Waals surface area (Å²) in [5, 5.41) is 23.3. The number of amides is 1. The Bertz CT molecular complexity index is 1320. The average molecular weight is 538 g/mol. The first-order valence-electron chi connectivity index (χ1n) is 10.2. The number of nitrogens with one attached hydrogen (secondary N) is 1. The molecule has 0 aliphatic carbocycles. The Hall–Kier alpha value is -4.36. The van der Waals surface area contributed by atoms with Gasteiger partial charge in [0.2, 0.25) is 0 Å². The summed E-state index contributed by atoms with van der Waals surface area (Å²) < 4.78 is 16.9. The largest absolute Gasteiger partial charge is 0.496 e. The number of hydrogen-bond acceptors (Lipinski definition) is 7. The Morgan fingerprint density at radius 2 is 1.89 bits per heavy atom. The minimum absolute atomic E-state index is 0.0645. The van der Waals surface area contributed by atoms with Gasteiger partial charge in [-0.25, -0.2) is 0 Å². The second-order valence-electron chi connectivity index (χ2n) is 7.07. The highest BCUT2D eigenvalue weighted by molar-refractivity contribution is 9.10. The van der Waals surface area contributed by atoms with E-state index in [1.54, 1.807) is 12.1 Å². The lowest BCUT2D eigenvalue weighted by atomic mass is 10.1. The van der Waals surface area contributed by atoms with E-state index in [-0.39, 0.29) is 22.7 Å². The van der Waals surface area contributed by atoms with Crippen molar-refractivity contribution in [1.29, 1.82) is 5.26 Å². The number of nitro benzene ring substituents is 1. The lowest BCUT2D eigenvalue weighted by Crippen LogP contribution is -2.14. The number of methoxy groups -OCH3 is 2. The van der Waals surface area contributed by atoms with Gasteiger partial charge in [-0.15, -0.1) is 0 Å². The predicted octanol–water partition coefficient (Wildman–Crippen LogP) is 5.50. The molecule has 0 saturated carbocycles. The fraction of sp³-hybridized carbons (Fsp3) is 0.120. The number of nitro groups is 1. The Kier molecular flexibility index (Phi) is 8.43. The molecule has 0 fully saturated rings. The molecule has 1 amide bonds. The summed E-state index contributed by atoms with van der Waals surface area (Å²) in [6.45, 7) is 0.317. The molecule has 0 heterocycles. The standard InChI is InChI=1S/C25H20BrN3O6/c1-33-19-8-9-21(22(13-19)29(31)32)28-25(30)18(14-27)10-17-11-20(26)24(23(12-17)34-2)35-15-16-6-4-3-5-7-16/h3-13H,15H2,1-2H3,(H,28,30)/b18-10+. The predicted molar refractivity (Wildman–Crippen MR) is 133 cm³/mol. The molecule has 0 unspecified atom stereocenters. The number of rotatable bonds is 9. The second kappa shape index (κ2) is 11.7. The van der Waals surface area contributed by atoms with Gasteiger partial charge >= 0.3 is 0 Å². The number of nitriles is 1. The molecule has 3 aromatic rings. The van der Waals surface area contributed by atoms with Crippen LogP contribution < -0.4 is 19.5 Å². The van der Waals surface area contributed by atoms with Gasteiger partial charge in [-0.05, 0) is 57.4 Å². The molecular weight excluding hydrogens is 518 g/mol. The van der Waals surface area contributed by atoms with Gasteiger partial charge in [0.1, 0.15) is 29.7 Å². The van der Waals surface area contributed by atoms with Crippen LogP contribution in [0, 0.1) is 21.4 Å². The van der Waals surface area contributed by atoms with Crippen molar-refractivity contribution in [2.24, 2.45) is 0 Å².